The first kappa shape index (κ1) is 20.0. The van der Waals surface area contributed by atoms with Crippen molar-refractivity contribution in [2.24, 2.45) is 0 Å². The lowest BCUT2D eigenvalue weighted by atomic mass is 9.91. The van der Waals surface area contributed by atoms with E-state index in [9.17, 15) is 9.59 Å². The van der Waals surface area contributed by atoms with Crippen LogP contribution in [0.5, 0.6) is 0 Å². The summed E-state index contributed by atoms with van der Waals surface area (Å²) in [7, 11) is 1.45. The van der Waals surface area contributed by atoms with Crippen molar-refractivity contribution in [2.75, 3.05) is 26.7 Å². The molecule has 0 aromatic carbocycles. The zero-order chi connectivity index (χ0) is 18.4. The Morgan fingerprint density at radius 3 is 2.08 bits per heavy atom. The fourth-order valence-corrected chi connectivity index (χ4v) is 3.89. The number of hydrogen-bond donors (Lipinski definition) is 0. The second-order valence-corrected chi connectivity index (χ2v) is 8.24. The Balaban J connectivity index is 1.93. The number of amides is 1. The summed E-state index contributed by atoms with van der Waals surface area (Å²) < 4.78 is 10.4. The van der Waals surface area contributed by atoms with Crippen LogP contribution in [0.1, 0.15) is 65.7 Å². The van der Waals surface area contributed by atoms with Crippen LogP contribution in [0.3, 0.4) is 0 Å². The molecule has 1 saturated heterocycles. The fourth-order valence-electron chi connectivity index (χ4n) is 3.89. The molecule has 25 heavy (non-hydrogen) atoms. The SMILES string of the molecule is COC(=O)CN(C1CCCCC1)C1CCN(C(=O)OC(C)(C)C)CC1. The van der Waals surface area contributed by atoms with Crippen molar-refractivity contribution in [3.8, 4) is 0 Å². The molecule has 144 valence electrons. The number of hydrogen-bond acceptors (Lipinski definition) is 5. The van der Waals surface area contributed by atoms with Crippen molar-refractivity contribution >= 4 is 12.1 Å². The Labute approximate surface area is 151 Å². The summed E-state index contributed by atoms with van der Waals surface area (Å²) in [5.41, 5.74) is -0.465. The van der Waals surface area contributed by atoms with Gasteiger partial charge in [-0.3, -0.25) is 9.69 Å². The zero-order valence-corrected chi connectivity index (χ0v) is 16.3. The van der Waals surface area contributed by atoms with Gasteiger partial charge < -0.3 is 14.4 Å². The number of methoxy groups -OCH3 is 1. The molecule has 1 amide bonds. The molecule has 0 N–H and O–H groups in total. The minimum atomic E-state index is -0.465. The van der Waals surface area contributed by atoms with Crippen LogP contribution in [0.2, 0.25) is 0 Å². The number of esters is 1. The van der Waals surface area contributed by atoms with Crippen molar-refractivity contribution in [1.29, 1.82) is 0 Å². The van der Waals surface area contributed by atoms with Crippen molar-refractivity contribution in [1.82, 2.24) is 9.80 Å². The molecular weight excluding hydrogens is 320 g/mol. The molecule has 0 unspecified atom stereocenters. The van der Waals surface area contributed by atoms with Gasteiger partial charge in [-0.2, -0.15) is 0 Å². The largest absolute Gasteiger partial charge is 0.468 e. The lowest BCUT2D eigenvalue weighted by Gasteiger charge is -2.43. The van der Waals surface area contributed by atoms with E-state index in [1.54, 1.807) is 4.90 Å². The summed E-state index contributed by atoms with van der Waals surface area (Å²) in [6.45, 7) is 7.39. The van der Waals surface area contributed by atoms with E-state index in [2.05, 4.69) is 4.90 Å². The molecule has 0 spiro atoms. The van der Waals surface area contributed by atoms with Gasteiger partial charge in [-0.05, 0) is 46.5 Å². The molecule has 2 aliphatic rings. The monoisotopic (exact) mass is 354 g/mol. The number of carbonyl (C=O) groups excluding carboxylic acids is 2. The van der Waals surface area contributed by atoms with Crippen LogP contribution in [0.4, 0.5) is 4.79 Å². The fraction of sp³-hybridized carbons (Fsp3) is 0.895. The van der Waals surface area contributed by atoms with Gasteiger partial charge in [-0.25, -0.2) is 4.79 Å². The number of ether oxygens (including phenoxy) is 2. The minimum Gasteiger partial charge on any atom is -0.468 e. The van der Waals surface area contributed by atoms with E-state index >= 15 is 0 Å². The van der Waals surface area contributed by atoms with Crippen LogP contribution < -0.4 is 0 Å². The summed E-state index contributed by atoms with van der Waals surface area (Å²) in [6.07, 6.45) is 7.60. The molecular formula is C19H34N2O4. The van der Waals surface area contributed by atoms with E-state index in [-0.39, 0.29) is 12.1 Å². The second-order valence-electron chi connectivity index (χ2n) is 8.24. The van der Waals surface area contributed by atoms with Crippen LogP contribution in [0, 0.1) is 0 Å². The van der Waals surface area contributed by atoms with Crippen molar-refractivity contribution in [3.63, 3.8) is 0 Å². The van der Waals surface area contributed by atoms with Crippen LogP contribution in [0.25, 0.3) is 0 Å². The van der Waals surface area contributed by atoms with Crippen molar-refractivity contribution in [3.05, 3.63) is 0 Å². The highest BCUT2D eigenvalue weighted by Gasteiger charge is 2.34. The van der Waals surface area contributed by atoms with Crippen molar-refractivity contribution in [2.45, 2.75) is 83.4 Å². The second kappa shape index (κ2) is 8.88. The third-order valence-electron chi connectivity index (χ3n) is 5.17. The molecule has 0 aromatic heterocycles. The molecule has 1 heterocycles. The maximum Gasteiger partial charge on any atom is 0.410 e. The highest BCUT2D eigenvalue weighted by atomic mass is 16.6. The average Bonchev–Trinajstić information content (AvgIpc) is 2.59. The third-order valence-corrected chi connectivity index (χ3v) is 5.17. The zero-order valence-electron chi connectivity index (χ0n) is 16.3. The van der Waals surface area contributed by atoms with Gasteiger partial charge in [0.25, 0.3) is 0 Å². The number of likely N-dealkylation sites (tertiary alicyclic amines) is 1. The van der Waals surface area contributed by atoms with E-state index < -0.39 is 5.60 Å². The Bertz CT molecular complexity index is 447. The van der Waals surface area contributed by atoms with Crippen molar-refractivity contribution < 1.29 is 19.1 Å². The van der Waals surface area contributed by atoms with E-state index in [1.165, 1.54) is 26.4 Å². The Hall–Kier alpha value is -1.30. The topological polar surface area (TPSA) is 59.1 Å². The third kappa shape index (κ3) is 6.17. The normalized spacial score (nSPS) is 20.6. The summed E-state index contributed by atoms with van der Waals surface area (Å²) in [4.78, 5) is 28.3. The lowest BCUT2D eigenvalue weighted by molar-refractivity contribution is -0.144. The standard InChI is InChI=1S/C19H34N2O4/c1-19(2,3)25-18(23)20-12-10-16(11-13-20)21(14-17(22)24-4)15-8-6-5-7-9-15/h15-16H,5-14H2,1-4H3. The van der Waals surface area contributed by atoms with Gasteiger partial charge in [0.05, 0.1) is 13.7 Å². The van der Waals surface area contributed by atoms with Crippen LogP contribution in [-0.2, 0) is 14.3 Å². The number of piperidine rings is 1. The molecule has 2 fully saturated rings. The Kier molecular flexibility index (Phi) is 7.11. The number of rotatable bonds is 4. The molecule has 0 aromatic rings. The maximum atomic E-state index is 12.2. The predicted molar refractivity (Wildman–Crippen MR) is 96.4 cm³/mol. The van der Waals surface area contributed by atoms with Gasteiger partial charge in [0.15, 0.2) is 0 Å². The highest BCUT2D eigenvalue weighted by Crippen LogP contribution is 2.28. The predicted octanol–water partition coefficient (Wildman–Crippen LogP) is 3.19. The van der Waals surface area contributed by atoms with Gasteiger partial charge in [0.2, 0.25) is 0 Å². The first-order chi connectivity index (χ1) is 11.8. The minimum absolute atomic E-state index is 0.167. The van der Waals surface area contributed by atoms with Gasteiger partial charge in [-0.1, -0.05) is 19.3 Å². The van der Waals surface area contributed by atoms with Gasteiger partial charge in [-0.15, -0.1) is 0 Å². The van der Waals surface area contributed by atoms with Crippen LogP contribution in [-0.4, -0.2) is 66.3 Å². The number of carbonyl (C=O) groups is 2. The summed E-state index contributed by atoms with van der Waals surface area (Å²) in [5, 5.41) is 0. The summed E-state index contributed by atoms with van der Waals surface area (Å²) in [5.74, 6) is -0.167. The quantitative estimate of drug-likeness (QED) is 0.726. The average molecular weight is 354 g/mol. The molecule has 0 radical (unpaired) electrons. The Morgan fingerprint density at radius 1 is 1.00 bits per heavy atom. The number of nitrogens with zero attached hydrogens (tertiary/aromatic N) is 2. The first-order valence-corrected chi connectivity index (χ1v) is 9.60. The molecule has 0 bridgehead atoms. The molecule has 1 saturated carbocycles. The first-order valence-electron chi connectivity index (χ1n) is 9.60. The Morgan fingerprint density at radius 2 is 1.56 bits per heavy atom. The molecule has 0 atom stereocenters. The van der Waals surface area contributed by atoms with Crippen LogP contribution >= 0.6 is 0 Å². The molecule has 1 aliphatic heterocycles. The molecule has 6 heteroatoms. The van der Waals surface area contributed by atoms with Gasteiger partial charge >= 0.3 is 12.1 Å². The van der Waals surface area contributed by atoms with Gasteiger partial charge in [0, 0.05) is 25.2 Å². The van der Waals surface area contributed by atoms with E-state index in [0.29, 0.717) is 31.7 Å². The smallest absolute Gasteiger partial charge is 0.410 e. The molecule has 6 nitrogen and oxygen atoms in total. The van der Waals surface area contributed by atoms with E-state index in [1.807, 2.05) is 20.8 Å². The molecule has 2 rings (SSSR count). The van der Waals surface area contributed by atoms with E-state index in [4.69, 9.17) is 9.47 Å². The van der Waals surface area contributed by atoms with Gasteiger partial charge in [0.1, 0.15) is 5.60 Å². The maximum absolute atomic E-state index is 12.2. The summed E-state index contributed by atoms with van der Waals surface area (Å²) in [6, 6.07) is 0.798. The molecule has 1 aliphatic carbocycles. The highest BCUT2D eigenvalue weighted by molar-refractivity contribution is 5.71. The van der Waals surface area contributed by atoms with E-state index in [0.717, 1.165) is 25.7 Å². The van der Waals surface area contributed by atoms with Crippen LogP contribution in [0.15, 0.2) is 0 Å². The summed E-state index contributed by atoms with van der Waals surface area (Å²) >= 11 is 0. The lowest BCUT2D eigenvalue weighted by Crippen LogP contribution is -2.52.